The van der Waals surface area contributed by atoms with Crippen molar-refractivity contribution in [1.29, 1.82) is 5.26 Å². The van der Waals surface area contributed by atoms with E-state index in [9.17, 15) is 20.3 Å². The molecule has 0 bridgehead atoms. The van der Waals surface area contributed by atoms with Crippen molar-refractivity contribution in [2.24, 2.45) is 0 Å². The van der Waals surface area contributed by atoms with Gasteiger partial charge in [-0.05, 0) is 18.2 Å². The molecule has 0 aromatic carbocycles. The van der Waals surface area contributed by atoms with Gasteiger partial charge in [-0.1, -0.05) is 6.07 Å². The summed E-state index contributed by atoms with van der Waals surface area (Å²) in [4.78, 5) is 19.5. The fourth-order valence-corrected chi connectivity index (χ4v) is 3.22. The van der Waals surface area contributed by atoms with E-state index in [1.165, 1.54) is 29.2 Å². The summed E-state index contributed by atoms with van der Waals surface area (Å²) >= 11 is 0. The molecule has 12 heteroatoms. The first-order valence-corrected chi connectivity index (χ1v) is 8.76. The van der Waals surface area contributed by atoms with Crippen LogP contribution in [0.5, 0.6) is 5.88 Å². The van der Waals surface area contributed by atoms with Crippen molar-refractivity contribution in [1.82, 2.24) is 19.6 Å². The summed E-state index contributed by atoms with van der Waals surface area (Å²) in [5.41, 5.74) is 4.35. The van der Waals surface area contributed by atoms with Crippen molar-refractivity contribution in [3.63, 3.8) is 0 Å². The Morgan fingerprint density at radius 1 is 1.33 bits per heavy atom. The highest BCUT2D eigenvalue weighted by Gasteiger charge is 2.57. The Morgan fingerprint density at radius 2 is 2.17 bits per heavy atom. The third kappa shape index (κ3) is 3.16. The predicted molar refractivity (Wildman–Crippen MR) is 97.8 cm³/mol. The van der Waals surface area contributed by atoms with Crippen molar-refractivity contribution < 1.29 is 29.2 Å². The lowest BCUT2D eigenvalue weighted by atomic mass is 9.92. The molecule has 0 saturated carbocycles. The Kier molecular flexibility index (Phi) is 4.92. The molecule has 3 aromatic rings. The molecule has 12 nitrogen and oxygen atoms in total. The Hall–Kier alpha value is -3.79. The molecule has 1 aliphatic rings. The maximum Gasteiger partial charge on any atom is 0.515 e. The zero-order valence-corrected chi connectivity index (χ0v) is 15.3. The molecular formula is C18H16N6O6. The molecular weight excluding hydrogens is 396 g/mol. The topological polar surface area (TPSA) is 178 Å². The lowest BCUT2D eigenvalue weighted by Gasteiger charge is -2.24. The normalized spacial score (nSPS) is 25.7. The van der Waals surface area contributed by atoms with Gasteiger partial charge in [0.2, 0.25) is 11.5 Å². The molecule has 1 aliphatic heterocycles. The van der Waals surface area contributed by atoms with Crippen LogP contribution < -0.4 is 10.5 Å². The first-order valence-electron chi connectivity index (χ1n) is 8.76. The molecule has 4 N–H and O–H groups in total. The number of carbonyl (C=O) groups is 1. The van der Waals surface area contributed by atoms with Gasteiger partial charge in [-0.15, -0.1) is 0 Å². The number of nitrogen functional groups attached to an aromatic ring is 1. The molecule has 1 fully saturated rings. The second kappa shape index (κ2) is 7.56. The molecule has 4 rings (SSSR count). The van der Waals surface area contributed by atoms with E-state index < -0.39 is 36.7 Å². The number of aliphatic hydroxyl groups is 2. The maximum absolute atomic E-state index is 11.8. The third-order valence-electron chi connectivity index (χ3n) is 4.68. The van der Waals surface area contributed by atoms with Gasteiger partial charge in [-0.2, -0.15) is 10.4 Å². The number of nitrogens with two attached hydrogens (primary N) is 1. The molecule has 0 aliphatic carbocycles. The Bertz CT molecular complexity index is 1120. The standard InChI is InChI=1S/C18H16N6O6/c19-8-18(12-5-4-10-16(20)22-9-23-24(10)12)15(26)14(25)11(30-18)7-28-17(27)29-13-3-1-2-6-21-13/h1-6,9,11,14-15,25-26H,7H2,(H2,20,22,23)/t11-,14-,15-,18+/m1/s1. The number of ether oxygens (including phenoxy) is 3. The van der Waals surface area contributed by atoms with Gasteiger partial charge in [-0.25, -0.2) is 19.3 Å². The average Bonchev–Trinajstić information content (AvgIpc) is 3.29. The van der Waals surface area contributed by atoms with E-state index in [-0.39, 0.29) is 17.4 Å². The molecule has 1 saturated heterocycles. The largest absolute Gasteiger partial charge is 0.515 e. The number of pyridine rings is 1. The smallest absolute Gasteiger partial charge is 0.431 e. The second-order valence-corrected chi connectivity index (χ2v) is 6.43. The molecule has 0 spiro atoms. The van der Waals surface area contributed by atoms with Crippen molar-refractivity contribution in [3.8, 4) is 11.9 Å². The Balaban J connectivity index is 1.53. The van der Waals surface area contributed by atoms with Gasteiger partial charge in [0.05, 0.1) is 5.69 Å². The monoisotopic (exact) mass is 412 g/mol. The number of aliphatic hydroxyl groups excluding tert-OH is 2. The van der Waals surface area contributed by atoms with Gasteiger partial charge in [-0.3, -0.25) is 0 Å². The Labute approximate surface area is 169 Å². The highest BCUT2D eigenvalue weighted by Crippen LogP contribution is 2.40. The van der Waals surface area contributed by atoms with Gasteiger partial charge >= 0.3 is 6.16 Å². The molecule has 4 heterocycles. The van der Waals surface area contributed by atoms with E-state index in [1.54, 1.807) is 18.2 Å². The van der Waals surface area contributed by atoms with Crippen molar-refractivity contribution >= 4 is 17.5 Å². The van der Waals surface area contributed by atoms with E-state index in [0.29, 0.717) is 5.52 Å². The SMILES string of the molecule is N#C[C@@]1(c2ccc3c(N)ncnn23)O[C@H](COC(=O)Oc2ccccn2)[C@@H](O)[C@H]1O. The minimum Gasteiger partial charge on any atom is -0.431 e. The zero-order chi connectivity index (χ0) is 21.3. The summed E-state index contributed by atoms with van der Waals surface area (Å²) in [5, 5.41) is 34.9. The number of hydrogen-bond donors (Lipinski definition) is 3. The molecule has 0 radical (unpaired) electrons. The molecule has 4 atom stereocenters. The minimum atomic E-state index is -1.98. The van der Waals surface area contributed by atoms with Crippen LogP contribution in [0.3, 0.4) is 0 Å². The van der Waals surface area contributed by atoms with Gasteiger partial charge < -0.3 is 30.2 Å². The van der Waals surface area contributed by atoms with Crippen LogP contribution in [0.25, 0.3) is 5.52 Å². The average molecular weight is 412 g/mol. The van der Waals surface area contributed by atoms with Crippen LogP contribution >= 0.6 is 0 Å². The van der Waals surface area contributed by atoms with Gasteiger partial charge in [0.1, 0.15) is 42.8 Å². The number of aromatic nitrogens is 4. The van der Waals surface area contributed by atoms with Crippen LogP contribution in [0.1, 0.15) is 5.69 Å². The predicted octanol–water partition coefficient (Wildman–Crippen LogP) is -0.238. The quantitative estimate of drug-likeness (QED) is 0.482. The summed E-state index contributed by atoms with van der Waals surface area (Å²) in [5.74, 6) is 0.188. The number of nitriles is 1. The number of carbonyl (C=O) groups excluding carboxylic acids is 1. The fraction of sp³-hybridized carbons (Fsp3) is 0.278. The van der Waals surface area contributed by atoms with E-state index >= 15 is 0 Å². The number of anilines is 1. The van der Waals surface area contributed by atoms with Crippen LogP contribution in [0.4, 0.5) is 10.6 Å². The van der Waals surface area contributed by atoms with Crippen molar-refractivity contribution in [2.45, 2.75) is 23.9 Å². The van der Waals surface area contributed by atoms with Crippen LogP contribution in [0.15, 0.2) is 42.9 Å². The molecule has 0 amide bonds. The third-order valence-corrected chi connectivity index (χ3v) is 4.68. The molecule has 0 unspecified atom stereocenters. The number of nitrogens with zero attached hydrogens (tertiary/aromatic N) is 5. The number of hydrogen-bond acceptors (Lipinski definition) is 11. The van der Waals surface area contributed by atoms with Gasteiger partial charge in [0.15, 0.2) is 5.82 Å². The first kappa shape index (κ1) is 19.5. The number of fused-ring (bicyclic) bond motifs is 1. The lowest BCUT2D eigenvalue weighted by Crippen LogP contribution is -2.41. The van der Waals surface area contributed by atoms with Crippen molar-refractivity contribution in [3.05, 3.63) is 48.5 Å². The van der Waals surface area contributed by atoms with Crippen LogP contribution in [0.2, 0.25) is 0 Å². The molecule has 154 valence electrons. The minimum absolute atomic E-state index is 0.0266. The first-order chi connectivity index (χ1) is 14.5. The van der Waals surface area contributed by atoms with Crippen LogP contribution in [-0.4, -0.2) is 60.9 Å². The maximum atomic E-state index is 11.8. The van der Waals surface area contributed by atoms with E-state index in [0.717, 1.165) is 0 Å². The van der Waals surface area contributed by atoms with E-state index in [4.69, 9.17) is 19.9 Å². The van der Waals surface area contributed by atoms with Crippen LogP contribution in [0, 0.1) is 11.3 Å². The summed E-state index contributed by atoms with van der Waals surface area (Å²) in [6.45, 7) is -0.478. The Morgan fingerprint density at radius 3 is 2.90 bits per heavy atom. The number of rotatable bonds is 4. The van der Waals surface area contributed by atoms with Gasteiger partial charge in [0, 0.05) is 12.3 Å². The van der Waals surface area contributed by atoms with E-state index in [2.05, 4.69) is 15.1 Å². The lowest BCUT2D eigenvalue weighted by molar-refractivity contribution is -0.0689. The van der Waals surface area contributed by atoms with E-state index in [1.807, 2.05) is 6.07 Å². The summed E-state index contributed by atoms with van der Waals surface area (Å²) in [7, 11) is 0. The van der Waals surface area contributed by atoms with Crippen LogP contribution in [-0.2, 0) is 15.1 Å². The second-order valence-electron chi connectivity index (χ2n) is 6.43. The highest BCUT2D eigenvalue weighted by atomic mass is 16.7. The molecule has 30 heavy (non-hydrogen) atoms. The summed E-state index contributed by atoms with van der Waals surface area (Å²) in [6.07, 6.45) is -2.86. The zero-order valence-electron chi connectivity index (χ0n) is 15.3. The van der Waals surface area contributed by atoms with Gasteiger partial charge in [0.25, 0.3) is 0 Å². The fourth-order valence-electron chi connectivity index (χ4n) is 3.22. The summed E-state index contributed by atoms with van der Waals surface area (Å²) in [6, 6.07) is 9.66. The molecule has 3 aromatic heterocycles. The highest BCUT2D eigenvalue weighted by molar-refractivity contribution is 5.66. The summed E-state index contributed by atoms with van der Waals surface area (Å²) < 4.78 is 16.8. The van der Waals surface area contributed by atoms with Crippen molar-refractivity contribution in [2.75, 3.05) is 12.3 Å².